The van der Waals surface area contributed by atoms with Crippen LogP contribution in [0.5, 0.6) is 5.75 Å². The number of ether oxygens (including phenoxy) is 1. The highest BCUT2D eigenvalue weighted by molar-refractivity contribution is 5.83. The molecule has 140 valence electrons. The molecule has 0 spiro atoms. The van der Waals surface area contributed by atoms with Gasteiger partial charge in [-0.1, -0.05) is 13.0 Å². The molecule has 1 aromatic rings. The van der Waals surface area contributed by atoms with E-state index in [2.05, 4.69) is 21.5 Å². The van der Waals surface area contributed by atoms with Gasteiger partial charge in [0.05, 0.1) is 5.92 Å². The van der Waals surface area contributed by atoms with E-state index in [0.717, 1.165) is 44.9 Å². The van der Waals surface area contributed by atoms with Gasteiger partial charge in [-0.25, -0.2) is 4.39 Å². The van der Waals surface area contributed by atoms with E-state index in [9.17, 15) is 22.4 Å². The predicted octanol–water partition coefficient (Wildman–Crippen LogP) is 3.03. The number of nitrogens with zero attached hydrogens (tertiary/aromatic N) is 2. The Morgan fingerprint density at radius 3 is 2.28 bits per heavy atom. The Labute approximate surface area is 144 Å². The van der Waals surface area contributed by atoms with Crippen LogP contribution in [0.1, 0.15) is 25.3 Å². The van der Waals surface area contributed by atoms with Gasteiger partial charge < -0.3 is 9.64 Å². The molecule has 0 aromatic heterocycles. The van der Waals surface area contributed by atoms with Crippen molar-refractivity contribution in [1.82, 2.24) is 9.80 Å². The molecule has 25 heavy (non-hydrogen) atoms. The minimum absolute atomic E-state index is 0.151. The monoisotopic (exact) mass is 362 g/mol. The van der Waals surface area contributed by atoms with Gasteiger partial charge in [0.2, 0.25) is 0 Å². The van der Waals surface area contributed by atoms with Crippen LogP contribution < -0.4 is 4.74 Å². The molecule has 2 rings (SSSR count). The fraction of sp³-hybridized carbons (Fsp3) is 0.588. The lowest BCUT2D eigenvalue weighted by molar-refractivity contribution is -0.275. The average Bonchev–Trinajstić information content (AvgIpc) is 2.54. The molecule has 1 atom stereocenters. The molecule has 0 N–H and O–H groups in total. The van der Waals surface area contributed by atoms with Crippen LogP contribution in [0.3, 0.4) is 0 Å². The number of Topliss-reactive ketones (excluding diaryl/α,β-unsaturated/α-hetero) is 1. The Morgan fingerprint density at radius 2 is 1.80 bits per heavy atom. The van der Waals surface area contributed by atoms with Gasteiger partial charge in [-0.15, -0.1) is 13.2 Å². The van der Waals surface area contributed by atoms with Gasteiger partial charge in [0.15, 0.2) is 11.6 Å². The molecule has 4 nitrogen and oxygen atoms in total. The second kappa shape index (κ2) is 8.14. The zero-order chi connectivity index (χ0) is 18.6. The quantitative estimate of drug-likeness (QED) is 0.729. The van der Waals surface area contributed by atoms with Crippen LogP contribution in [0.25, 0.3) is 0 Å². The van der Waals surface area contributed by atoms with Crippen molar-refractivity contribution in [3.8, 4) is 5.75 Å². The summed E-state index contributed by atoms with van der Waals surface area (Å²) in [6.45, 7) is 8.28. The van der Waals surface area contributed by atoms with E-state index in [1.165, 1.54) is 13.0 Å². The van der Waals surface area contributed by atoms with Gasteiger partial charge in [0, 0.05) is 32.7 Å². The van der Waals surface area contributed by atoms with Crippen molar-refractivity contribution >= 4 is 5.78 Å². The van der Waals surface area contributed by atoms with Crippen molar-refractivity contribution in [3.63, 3.8) is 0 Å². The summed E-state index contributed by atoms with van der Waals surface area (Å²) in [5.41, 5.74) is 0.359. The van der Waals surface area contributed by atoms with Crippen molar-refractivity contribution in [2.24, 2.45) is 0 Å². The number of ketones is 1. The molecule has 1 aromatic carbocycles. The molecule has 0 unspecified atom stereocenters. The standard InChI is InChI=1S/C17H22F4N2O2/c1-3-22-6-8-23(9-7-22)11-14(12(2)24)13-4-5-16(15(18)10-13)25-17(19,20)21/h4-5,10,14H,3,6-9,11H2,1-2H3/t14-/m1/s1. The van der Waals surface area contributed by atoms with Crippen molar-refractivity contribution in [2.45, 2.75) is 26.1 Å². The number of hydrogen-bond acceptors (Lipinski definition) is 4. The molecule has 0 saturated carbocycles. The first-order chi connectivity index (χ1) is 11.7. The maximum atomic E-state index is 13.9. The highest BCUT2D eigenvalue weighted by Crippen LogP contribution is 2.29. The number of likely N-dealkylation sites (N-methyl/N-ethyl adjacent to an activating group) is 1. The molecule has 0 amide bonds. The third kappa shape index (κ3) is 5.67. The number of alkyl halides is 3. The number of rotatable bonds is 6. The Hall–Kier alpha value is -1.67. The third-order valence-corrected chi connectivity index (χ3v) is 4.43. The van der Waals surface area contributed by atoms with Crippen LogP contribution in [0.2, 0.25) is 0 Å². The summed E-state index contributed by atoms with van der Waals surface area (Å²) < 4.78 is 54.2. The molecule has 0 aliphatic carbocycles. The second-order valence-electron chi connectivity index (χ2n) is 6.14. The van der Waals surface area contributed by atoms with E-state index < -0.39 is 23.8 Å². The molecule has 1 fully saturated rings. The van der Waals surface area contributed by atoms with Crippen LogP contribution in [0.4, 0.5) is 17.6 Å². The zero-order valence-corrected chi connectivity index (χ0v) is 14.3. The number of carbonyl (C=O) groups excluding carboxylic acids is 1. The average molecular weight is 362 g/mol. The maximum absolute atomic E-state index is 13.9. The summed E-state index contributed by atoms with van der Waals surface area (Å²) in [6, 6.07) is 3.19. The van der Waals surface area contributed by atoms with Crippen LogP contribution in [0.15, 0.2) is 18.2 Å². The van der Waals surface area contributed by atoms with Crippen molar-refractivity contribution in [3.05, 3.63) is 29.6 Å². The van der Waals surface area contributed by atoms with Crippen molar-refractivity contribution < 1.29 is 27.1 Å². The predicted molar refractivity (Wildman–Crippen MR) is 85.1 cm³/mol. The Balaban J connectivity index is 2.10. The van der Waals surface area contributed by atoms with Gasteiger partial charge in [-0.05, 0) is 31.2 Å². The van der Waals surface area contributed by atoms with E-state index in [1.807, 2.05) is 0 Å². The fourth-order valence-electron chi connectivity index (χ4n) is 2.96. The summed E-state index contributed by atoms with van der Waals surface area (Å²) in [5, 5.41) is 0. The number of benzene rings is 1. The maximum Gasteiger partial charge on any atom is 0.573 e. The van der Waals surface area contributed by atoms with Crippen LogP contribution in [0, 0.1) is 5.82 Å². The SMILES string of the molecule is CCN1CCN(C[C@H](C(C)=O)c2ccc(OC(F)(F)F)c(F)c2)CC1. The summed E-state index contributed by atoms with van der Waals surface area (Å²) in [5.74, 6) is -2.75. The summed E-state index contributed by atoms with van der Waals surface area (Å²) >= 11 is 0. The van der Waals surface area contributed by atoms with Gasteiger partial charge in [0.25, 0.3) is 0 Å². The van der Waals surface area contributed by atoms with E-state index >= 15 is 0 Å². The fourth-order valence-corrected chi connectivity index (χ4v) is 2.96. The molecule has 1 heterocycles. The zero-order valence-electron chi connectivity index (χ0n) is 14.3. The first kappa shape index (κ1) is 19.7. The minimum Gasteiger partial charge on any atom is -0.403 e. The highest BCUT2D eigenvalue weighted by atomic mass is 19.4. The molecule has 0 bridgehead atoms. The number of hydrogen-bond donors (Lipinski definition) is 0. The molecular formula is C17H22F4N2O2. The first-order valence-corrected chi connectivity index (χ1v) is 8.20. The van der Waals surface area contributed by atoms with Crippen LogP contribution in [-0.2, 0) is 4.79 Å². The molecule has 1 saturated heterocycles. The third-order valence-electron chi connectivity index (χ3n) is 4.43. The van der Waals surface area contributed by atoms with Crippen LogP contribution in [-0.4, -0.2) is 61.2 Å². The van der Waals surface area contributed by atoms with Crippen molar-refractivity contribution in [2.75, 3.05) is 39.3 Å². The molecule has 1 aliphatic heterocycles. The van der Waals surface area contributed by atoms with E-state index in [1.54, 1.807) is 0 Å². The van der Waals surface area contributed by atoms with Gasteiger partial charge in [-0.3, -0.25) is 9.69 Å². The molecule has 1 aliphatic rings. The normalized spacial score (nSPS) is 18.2. The van der Waals surface area contributed by atoms with Gasteiger partial charge >= 0.3 is 6.36 Å². The summed E-state index contributed by atoms with van der Waals surface area (Å²) in [4.78, 5) is 16.4. The minimum atomic E-state index is -4.96. The smallest absolute Gasteiger partial charge is 0.403 e. The van der Waals surface area contributed by atoms with Gasteiger partial charge in [0.1, 0.15) is 5.78 Å². The molecule has 0 radical (unpaired) electrons. The molecular weight excluding hydrogens is 340 g/mol. The lowest BCUT2D eigenvalue weighted by atomic mass is 9.94. The van der Waals surface area contributed by atoms with Gasteiger partial charge in [-0.2, -0.15) is 0 Å². The Morgan fingerprint density at radius 1 is 1.20 bits per heavy atom. The first-order valence-electron chi connectivity index (χ1n) is 8.20. The van der Waals surface area contributed by atoms with E-state index in [4.69, 9.17) is 0 Å². The van der Waals surface area contributed by atoms with E-state index in [-0.39, 0.29) is 5.78 Å². The van der Waals surface area contributed by atoms with Crippen LogP contribution >= 0.6 is 0 Å². The topological polar surface area (TPSA) is 32.8 Å². The number of halogens is 4. The largest absolute Gasteiger partial charge is 0.573 e. The Kier molecular flexibility index (Phi) is 6.40. The summed E-state index contributed by atoms with van der Waals surface area (Å²) in [6.07, 6.45) is -4.96. The lowest BCUT2D eigenvalue weighted by Gasteiger charge is -2.35. The lowest BCUT2D eigenvalue weighted by Crippen LogP contribution is -2.47. The second-order valence-corrected chi connectivity index (χ2v) is 6.14. The van der Waals surface area contributed by atoms with E-state index in [0.29, 0.717) is 12.1 Å². The van der Waals surface area contributed by atoms with Crippen molar-refractivity contribution in [1.29, 1.82) is 0 Å². The molecule has 8 heteroatoms. The number of piperazine rings is 1. The highest BCUT2D eigenvalue weighted by Gasteiger charge is 2.33. The summed E-state index contributed by atoms with van der Waals surface area (Å²) in [7, 11) is 0. The Bertz CT molecular complexity index is 599. The number of carbonyl (C=O) groups is 1.